The van der Waals surface area contributed by atoms with E-state index in [0.29, 0.717) is 22.3 Å². The minimum absolute atomic E-state index is 0. The standard InChI is InChI=1S/2C52H72N4O2.2Al.4BrH.O/c2*1-11-55(12-2,35-39-23-17-15-18-24-39)37-41-29-43(49(57)45(31-41)51(5,6)7)33-53-47-27-21-22-28-48(47)54-34-44-30-42(32-46(50(44)58)52(8,9)10)38-56(13-3,14-4)36-40-25-19-16-20-26-40;;;;;;;/h2*15-20,23-26,29-34,47-48H,11-14,21-22,27-28,35-38H2,1-10H3;;;4*1H;/q;;2*+3;;;;;-2/p-4/t2*47-,48-;;;;;;;/m11......./s1. The zero-order valence-electron chi connectivity index (χ0n) is 78.0. The Balaban J connectivity index is 0.000000789. The summed E-state index contributed by atoms with van der Waals surface area (Å²) in [6.45, 7) is 58.9. The number of halogens is 4. The summed E-state index contributed by atoms with van der Waals surface area (Å²) in [5.74, 6) is 0.253. The van der Waals surface area contributed by atoms with E-state index in [2.05, 4.69) is 308 Å². The first-order valence-corrected chi connectivity index (χ1v) is 44.1. The van der Waals surface area contributed by atoms with Gasteiger partial charge in [-0.05, 0) is 172 Å². The maximum Gasteiger partial charge on any atom is 3.00 e. The van der Waals surface area contributed by atoms with Crippen molar-refractivity contribution in [3.05, 3.63) is 259 Å². The molecule has 0 amide bonds. The van der Waals surface area contributed by atoms with Crippen molar-refractivity contribution in [3.8, 4) is 23.0 Å². The third-order valence-electron chi connectivity index (χ3n) is 25.8. The number of aliphatic imine (C=N–C) groups is 4. The molecule has 0 unspecified atom stereocenters. The Morgan fingerprint density at radius 1 is 0.268 bits per heavy atom. The zero-order valence-corrected chi connectivity index (χ0v) is 86.7. The van der Waals surface area contributed by atoms with E-state index in [-0.39, 0.29) is 177 Å². The molecule has 0 spiro atoms. The Morgan fingerprint density at radius 3 is 0.569 bits per heavy atom. The van der Waals surface area contributed by atoms with E-state index in [4.69, 9.17) is 20.0 Å². The second-order valence-corrected chi connectivity index (χ2v) is 38.3. The molecule has 2 aliphatic rings. The maximum absolute atomic E-state index is 14.1. The molecule has 10 rings (SSSR count). The van der Waals surface area contributed by atoms with Crippen molar-refractivity contribution in [1.82, 2.24) is 0 Å². The SMILES string of the molecule is CC[N+](CC)(Cc1ccccc1)Cc1cc(C=N[C@@H]2CCCC[C@H]2N=Cc2cc(C[N+](CC)(CC)Cc3ccccc3)cc(C(C)(C)C)c2[O-])c([O-])c(C(C)(C)C)c1.CC[N+](CC)(Cc1ccccc1)Cc1cc(C=N[C@@H]2CCCC[C@H]2N=Cc2cc(C[N+](CC)(CC)Cc3ccccc3)cc(C(C)(C)C)c2[O-])c([O-])c(C(C)(C)C)c1.[Al+3].[Al+3].[Br-].[Br-].[Br-].[Br-].[O-2]. The molecule has 8 aromatic rings. The van der Waals surface area contributed by atoms with Crippen LogP contribution in [-0.4, -0.2) is 154 Å². The van der Waals surface area contributed by atoms with E-state index in [9.17, 15) is 20.4 Å². The van der Waals surface area contributed by atoms with Gasteiger partial charge < -0.3 is 112 Å². The maximum atomic E-state index is 14.1. The Labute approximate surface area is 806 Å². The van der Waals surface area contributed by atoms with Gasteiger partial charge in [0.1, 0.15) is 52.4 Å². The fraction of sp³-hybridized carbons (Fsp3) is 0.500. The van der Waals surface area contributed by atoms with Gasteiger partial charge in [0.15, 0.2) is 0 Å². The van der Waals surface area contributed by atoms with Gasteiger partial charge in [-0.15, -0.1) is 0 Å². The number of quaternary nitrogens is 4. The first-order chi connectivity index (χ1) is 55.1. The van der Waals surface area contributed by atoms with Crippen LogP contribution in [0.5, 0.6) is 23.0 Å². The van der Waals surface area contributed by atoms with Crippen molar-refractivity contribution in [3.63, 3.8) is 0 Å². The molecule has 0 radical (unpaired) electrons. The molecule has 0 heterocycles. The Morgan fingerprint density at radius 2 is 0.423 bits per heavy atom. The van der Waals surface area contributed by atoms with Crippen molar-refractivity contribution in [2.24, 2.45) is 20.0 Å². The van der Waals surface area contributed by atoms with Crippen LogP contribution in [0.25, 0.3) is 0 Å². The average molecular weight is 1960 g/mol. The van der Waals surface area contributed by atoms with Gasteiger partial charge in [0, 0.05) is 69.4 Å². The van der Waals surface area contributed by atoms with Crippen LogP contribution in [0, 0.1) is 0 Å². The van der Waals surface area contributed by atoms with Crippen LogP contribution in [0.2, 0.25) is 0 Å². The molecule has 0 saturated heterocycles. The predicted molar refractivity (Wildman–Crippen MR) is 494 cm³/mol. The first kappa shape index (κ1) is 113. The van der Waals surface area contributed by atoms with Crippen molar-refractivity contribution in [2.75, 3.05) is 52.4 Å². The fourth-order valence-corrected chi connectivity index (χ4v) is 17.8. The largest absolute Gasteiger partial charge is 3.00 e. The molecule has 4 atom stereocenters. The summed E-state index contributed by atoms with van der Waals surface area (Å²) < 4.78 is 3.63. The van der Waals surface area contributed by atoms with Gasteiger partial charge in [0.25, 0.3) is 0 Å². The molecule has 0 N–H and O–H groups in total. The summed E-state index contributed by atoms with van der Waals surface area (Å²) in [4.78, 5) is 20.6. The van der Waals surface area contributed by atoms with Crippen LogP contribution in [0.1, 0.15) is 279 Å². The van der Waals surface area contributed by atoms with Gasteiger partial charge in [-0.25, -0.2) is 0 Å². The van der Waals surface area contributed by atoms with Gasteiger partial charge in [0.05, 0.1) is 76.5 Å². The molecule has 0 bridgehead atoms. The molecule has 2 fully saturated rings. The van der Waals surface area contributed by atoms with Crippen molar-refractivity contribution in [1.29, 1.82) is 0 Å². The molecule has 8 aromatic carbocycles. The van der Waals surface area contributed by atoms with Crippen molar-refractivity contribution < 1.29 is 112 Å². The summed E-state index contributed by atoms with van der Waals surface area (Å²) in [6.07, 6.45) is 15.3. The molecule has 13 nitrogen and oxygen atoms in total. The van der Waals surface area contributed by atoms with Crippen molar-refractivity contribution in [2.45, 2.75) is 288 Å². The number of hydrogen-bond donors (Lipinski definition) is 0. The molecule has 2 saturated carbocycles. The Bertz CT molecular complexity index is 4000. The van der Waals surface area contributed by atoms with E-state index in [0.717, 1.165) is 196 Å². The molecule has 664 valence electrons. The quantitative estimate of drug-likeness (QED) is 0.0237. The van der Waals surface area contributed by atoms with Crippen molar-refractivity contribution >= 4 is 59.6 Å². The number of benzene rings is 8. The second kappa shape index (κ2) is 51.0. The summed E-state index contributed by atoms with van der Waals surface area (Å²) in [6, 6.07) is 59.8. The van der Waals surface area contributed by atoms with Crippen LogP contribution in [0.3, 0.4) is 0 Å². The van der Waals surface area contributed by atoms with Gasteiger partial charge in [0.2, 0.25) is 0 Å². The van der Waals surface area contributed by atoms with Crippen LogP contribution in [0.4, 0.5) is 0 Å². The van der Waals surface area contributed by atoms with E-state index >= 15 is 0 Å². The molecular weight excluding hydrogens is 1810 g/mol. The van der Waals surface area contributed by atoms with E-state index in [1.165, 1.54) is 44.5 Å². The normalized spacial score (nSPS) is 16.1. The average Bonchev–Trinajstić information content (AvgIpc) is 0.799. The number of rotatable bonds is 32. The molecular formula is C104H144Al2Br4N8O5. The van der Waals surface area contributed by atoms with E-state index in [1.807, 2.05) is 24.9 Å². The molecule has 0 aliphatic heterocycles. The van der Waals surface area contributed by atoms with E-state index < -0.39 is 0 Å². The second-order valence-electron chi connectivity index (χ2n) is 38.3. The summed E-state index contributed by atoms with van der Waals surface area (Å²) in [7, 11) is 0. The third kappa shape index (κ3) is 31.4. The minimum atomic E-state index is -0.300. The summed E-state index contributed by atoms with van der Waals surface area (Å²) >= 11 is 0. The van der Waals surface area contributed by atoms with Gasteiger partial charge in [-0.3, -0.25) is 20.0 Å². The summed E-state index contributed by atoms with van der Waals surface area (Å²) in [5, 5.41) is 56.4. The van der Waals surface area contributed by atoms with Crippen LogP contribution >= 0.6 is 0 Å². The van der Waals surface area contributed by atoms with Gasteiger partial charge >= 0.3 is 34.7 Å². The molecule has 19 heteroatoms. The number of hydrogen-bond acceptors (Lipinski definition) is 8. The van der Waals surface area contributed by atoms with Crippen LogP contribution in [-0.2, 0) is 79.5 Å². The number of nitrogens with zero attached hydrogens (tertiary/aromatic N) is 8. The Hall–Kier alpha value is -5.58. The molecule has 2 aliphatic carbocycles. The van der Waals surface area contributed by atoms with Crippen LogP contribution in [0.15, 0.2) is 190 Å². The molecule has 0 aromatic heterocycles. The third-order valence-corrected chi connectivity index (χ3v) is 25.8. The first-order valence-electron chi connectivity index (χ1n) is 44.1. The molecule has 123 heavy (non-hydrogen) atoms. The van der Waals surface area contributed by atoms with E-state index in [1.54, 1.807) is 0 Å². The zero-order chi connectivity index (χ0) is 84.3. The smallest absolute Gasteiger partial charge is 2.00 e. The topological polar surface area (TPSA) is 170 Å². The van der Waals surface area contributed by atoms with Crippen LogP contribution < -0.4 is 88.4 Å². The monoisotopic (exact) mass is 1950 g/mol. The predicted octanol–water partition coefficient (Wildman–Crippen LogP) is 7.92. The fourth-order valence-electron chi connectivity index (χ4n) is 17.8. The summed E-state index contributed by atoms with van der Waals surface area (Å²) in [5.41, 5.74) is 14.8. The van der Waals surface area contributed by atoms with Gasteiger partial charge in [-0.2, -0.15) is 0 Å². The van der Waals surface area contributed by atoms with Gasteiger partial charge in [-0.1, -0.05) is 277 Å². The minimum Gasteiger partial charge on any atom is -2.00 e. The Kier molecular flexibility index (Phi) is 47.0.